The van der Waals surface area contributed by atoms with E-state index in [-0.39, 0.29) is 0 Å². The minimum atomic E-state index is 0.785. The molecule has 0 bridgehead atoms. The molecule has 1 aliphatic carbocycles. The third kappa shape index (κ3) is 3.84. The summed E-state index contributed by atoms with van der Waals surface area (Å²) in [5, 5.41) is 0. The standard InChI is InChI=1S/C12H22O/c1-3-4-11-5-7-12(8-6-11)9-10-13-2/h9-12H,3-8H2,1-2H3/b10-9+. The van der Waals surface area contributed by atoms with Gasteiger partial charge in [-0.1, -0.05) is 19.8 Å². The molecule has 1 heteroatoms. The van der Waals surface area contributed by atoms with Gasteiger partial charge in [0.15, 0.2) is 0 Å². The SMILES string of the molecule is CCCC1CCC(/C=C/OC)CC1. The van der Waals surface area contributed by atoms with E-state index in [1.807, 2.05) is 6.26 Å². The minimum Gasteiger partial charge on any atom is -0.505 e. The zero-order chi connectivity index (χ0) is 9.52. The Morgan fingerprint density at radius 2 is 1.92 bits per heavy atom. The quantitative estimate of drug-likeness (QED) is 0.602. The molecule has 0 atom stereocenters. The number of ether oxygens (including phenoxy) is 1. The highest BCUT2D eigenvalue weighted by Crippen LogP contribution is 2.31. The van der Waals surface area contributed by atoms with Crippen molar-refractivity contribution < 1.29 is 4.74 Å². The van der Waals surface area contributed by atoms with Crippen LogP contribution in [0.2, 0.25) is 0 Å². The Hall–Kier alpha value is -0.460. The Bertz CT molecular complexity index is 143. The van der Waals surface area contributed by atoms with Crippen LogP contribution in [0.1, 0.15) is 45.4 Å². The molecule has 0 amide bonds. The van der Waals surface area contributed by atoms with Gasteiger partial charge >= 0.3 is 0 Å². The first-order chi connectivity index (χ1) is 6.36. The lowest BCUT2D eigenvalue weighted by Gasteiger charge is -2.26. The summed E-state index contributed by atoms with van der Waals surface area (Å²) in [4.78, 5) is 0. The van der Waals surface area contributed by atoms with Crippen LogP contribution in [0.5, 0.6) is 0 Å². The Kier molecular flexibility index (Phi) is 4.95. The zero-order valence-corrected chi connectivity index (χ0v) is 8.96. The van der Waals surface area contributed by atoms with Crippen molar-refractivity contribution in [3.8, 4) is 0 Å². The van der Waals surface area contributed by atoms with Gasteiger partial charge in [-0.25, -0.2) is 0 Å². The van der Waals surface area contributed by atoms with Crippen molar-refractivity contribution in [2.45, 2.75) is 45.4 Å². The highest BCUT2D eigenvalue weighted by atomic mass is 16.5. The lowest BCUT2D eigenvalue weighted by Crippen LogP contribution is -2.12. The van der Waals surface area contributed by atoms with E-state index in [9.17, 15) is 0 Å². The molecule has 76 valence electrons. The van der Waals surface area contributed by atoms with Crippen LogP contribution in [0, 0.1) is 11.8 Å². The molecule has 0 spiro atoms. The number of hydrogen-bond donors (Lipinski definition) is 0. The van der Waals surface area contributed by atoms with Gasteiger partial charge in [-0.2, -0.15) is 0 Å². The molecular weight excluding hydrogens is 160 g/mol. The maximum absolute atomic E-state index is 4.94. The number of allylic oxidation sites excluding steroid dienone is 1. The van der Waals surface area contributed by atoms with Gasteiger partial charge in [-0.15, -0.1) is 0 Å². The lowest BCUT2D eigenvalue weighted by atomic mass is 9.80. The second kappa shape index (κ2) is 6.06. The fourth-order valence-electron chi connectivity index (χ4n) is 2.27. The molecule has 13 heavy (non-hydrogen) atoms. The van der Waals surface area contributed by atoms with Crippen molar-refractivity contribution in [3.05, 3.63) is 12.3 Å². The smallest absolute Gasteiger partial charge is 0.0787 e. The molecule has 0 unspecified atom stereocenters. The van der Waals surface area contributed by atoms with Crippen LogP contribution in [0.4, 0.5) is 0 Å². The number of rotatable bonds is 4. The van der Waals surface area contributed by atoms with Crippen LogP contribution in [0.3, 0.4) is 0 Å². The van der Waals surface area contributed by atoms with E-state index in [1.165, 1.54) is 38.5 Å². The lowest BCUT2D eigenvalue weighted by molar-refractivity contribution is 0.284. The van der Waals surface area contributed by atoms with Crippen LogP contribution in [-0.2, 0) is 4.74 Å². The van der Waals surface area contributed by atoms with E-state index in [1.54, 1.807) is 7.11 Å². The van der Waals surface area contributed by atoms with Crippen molar-refractivity contribution in [1.29, 1.82) is 0 Å². The average Bonchev–Trinajstić information content (AvgIpc) is 2.17. The van der Waals surface area contributed by atoms with Crippen LogP contribution in [0.25, 0.3) is 0 Å². The average molecular weight is 182 g/mol. The molecule has 0 aliphatic heterocycles. The first kappa shape index (κ1) is 10.6. The van der Waals surface area contributed by atoms with Gasteiger partial charge in [0.1, 0.15) is 0 Å². The molecule has 0 radical (unpaired) electrons. The summed E-state index contributed by atoms with van der Waals surface area (Å²) < 4.78 is 4.94. The summed E-state index contributed by atoms with van der Waals surface area (Å²) in [6.07, 6.45) is 12.4. The maximum atomic E-state index is 4.94. The van der Waals surface area contributed by atoms with Crippen LogP contribution in [-0.4, -0.2) is 7.11 Å². The van der Waals surface area contributed by atoms with Crippen molar-refractivity contribution in [2.24, 2.45) is 11.8 Å². The van der Waals surface area contributed by atoms with E-state index in [2.05, 4.69) is 13.0 Å². The normalized spacial score (nSPS) is 29.4. The van der Waals surface area contributed by atoms with Crippen molar-refractivity contribution in [3.63, 3.8) is 0 Å². The van der Waals surface area contributed by atoms with E-state index < -0.39 is 0 Å². The number of methoxy groups -OCH3 is 1. The number of hydrogen-bond acceptors (Lipinski definition) is 1. The van der Waals surface area contributed by atoms with Crippen LogP contribution >= 0.6 is 0 Å². The molecule has 1 rings (SSSR count). The molecular formula is C12H22O. The molecule has 1 nitrogen and oxygen atoms in total. The summed E-state index contributed by atoms with van der Waals surface area (Å²) in [6, 6.07) is 0. The van der Waals surface area contributed by atoms with Gasteiger partial charge in [-0.3, -0.25) is 0 Å². The largest absolute Gasteiger partial charge is 0.505 e. The van der Waals surface area contributed by atoms with Gasteiger partial charge in [-0.05, 0) is 43.6 Å². The van der Waals surface area contributed by atoms with Gasteiger partial charge in [0, 0.05) is 0 Å². The Morgan fingerprint density at radius 3 is 2.46 bits per heavy atom. The summed E-state index contributed by atoms with van der Waals surface area (Å²) >= 11 is 0. The van der Waals surface area contributed by atoms with Crippen LogP contribution < -0.4 is 0 Å². The van der Waals surface area contributed by atoms with Gasteiger partial charge in [0.05, 0.1) is 13.4 Å². The molecule has 1 aliphatic rings. The van der Waals surface area contributed by atoms with E-state index in [4.69, 9.17) is 4.74 Å². The van der Waals surface area contributed by atoms with E-state index >= 15 is 0 Å². The predicted octanol–water partition coefficient (Wildman–Crippen LogP) is 3.75. The molecule has 1 fully saturated rings. The second-order valence-corrected chi connectivity index (χ2v) is 4.13. The molecule has 0 aromatic heterocycles. The second-order valence-electron chi connectivity index (χ2n) is 4.13. The molecule has 0 aromatic carbocycles. The van der Waals surface area contributed by atoms with Crippen molar-refractivity contribution >= 4 is 0 Å². The molecule has 0 N–H and O–H groups in total. The monoisotopic (exact) mass is 182 g/mol. The third-order valence-electron chi connectivity index (χ3n) is 3.08. The summed E-state index contributed by atoms with van der Waals surface area (Å²) in [6.45, 7) is 2.29. The fraction of sp³-hybridized carbons (Fsp3) is 0.833. The minimum absolute atomic E-state index is 0.785. The van der Waals surface area contributed by atoms with Crippen molar-refractivity contribution in [2.75, 3.05) is 7.11 Å². The van der Waals surface area contributed by atoms with Gasteiger partial charge in [0.25, 0.3) is 0 Å². The topological polar surface area (TPSA) is 9.23 Å². The van der Waals surface area contributed by atoms with Crippen LogP contribution in [0.15, 0.2) is 12.3 Å². The van der Waals surface area contributed by atoms with E-state index in [0.29, 0.717) is 0 Å². The van der Waals surface area contributed by atoms with E-state index in [0.717, 1.165) is 11.8 Å². The highest BCUT2D eigenvalue weighted by molar-refractivity contribution is 4.86. The Labute approximate surface area is 82.2 Å². The van der Waals surface area contributed by atoms with Crippen molar-refractivity contribution in [1.82, 2.24) is 0 Å². The Morgan fingerprint density at radius 1 is 1.23 bits per heavy atom. The fourth-order valence-corrected chi connectivity index (χ4v) is 2.27. The predicted molar refractivity (Wildman–Crippen MR) is 56.5 cm³/mol. The van der Waals surface area contributed by atoms with Gasteiger partial charge in [0.2, 0.25) is 0 Å². The summed E-state index contributed by atoms with van der Waals surface area (Å²) in [5.41, 5.74) is 0. The first-order valence-corrected chi connectivity index (χ1v) is 5.56. The zero-order valence-electron chi connectivity index (χ0n) is 8.96. The first-order valence-electron chi connectivity index (χ1n) is 5.56. The van der Waals surface area contributed by atoms with Gasteiger partial charge < -0.3 is 4.74 Å². The third-order valence-corrected chi connectivity index (χ3v) is 3.08. The molecule has 0 saturated heterocycles. The molecule has 0 heterocycles. The maximum Gasteiger partial charge on any atom is 0.0787 e. The Balaban J connectivity index is 2.18. The highest BCUT2D eigenvalue weighted by Gasteiger charge is 2.18. The summed E-state index contributed by atoms with van der Waals surface area (Å²) in [5.74, 6) is 1.80. The molecule has 1 saturated carbocycles. The molecule has 0 aromatic rings. The summed E-state index contributed by atoms with van der Waals surface area (Å²) in [7, 11) is 1.72.